The molecule has 0 atom stereocenters. The van der Waals surface area contributed by atoms with Gasteiger partial charge in [0.25, 0.3) is 11.8 Å². The second-order valence-electron chi connectivity index (χ2n) is 7.17. The zero-order valence-electron chi connectivity index (χ0n) is 17.5. The van der Waals surface area contributed by atoms with Crippen molar-refractivity contribution in [3.8, 4) is 0 Å². The maximum absolute atomic E-state index is 13.2. The molecule has 0 unspecified atom stereocenters. The van der Waals surface area contributed by atoms with Crippen LogP contribution < -0.4 is 0 Å². The molecule has 1 aliphatic rings. The molecule has 168 valence electrons. The van der Waals surface area contributed by atoms with Gasteiger partial charge in [-0.15, -0.1) is 0 Å². The Balaban J connectivity index is 1.45. The summed E-state index contributed by atoms with van der Waals surface area (Å²) in [5.41, 5.74) is 1.77. The molecule has 2 amide bonds. The van der Waals surface area contributed by atoms with Crippen molar-refractivity contribution >= 4 is 25.6 Å². The molecule has 0 aromatic heterocycles. The van der Waals surface area contributed by atoms with E-state index in [4.69, 9.17) is 13.6 Å². The van der Waals surface area contributed by atoms with Crippen molar-refractivity contribution in [2.75, 3.05) is 6.54 Å². The highest BCUT2D eigenvalue weighted by molar-refractivity contribution is 7.49. The number of benzene rings is 3. The van der Waals surface area contributed by atoms with Crippen molar-refractivity contribution in [1.82, 2.24) is 4.90 Å². The van der Waals surface area contributed by atoms with Crippen LogP contribution in [0.3, 0.4) is 0 Å². The van der Waals surface area contributed by atoms with Gasteiger partial charge in [-0.1, -0.05) is 72.8 Å². The van der Waals surface area contributed by atoms with Crippen LogP contribution in [0.5, 0.6) is 0 Å². The molecule has 8 nitrogen and oxygen atoms in total. The Labute approximate surface area is 190 Å². The van der Waals surface area contributed by atoms with Gasteiger partial charge >= 0.3 is 13.8 Å². The minimum atomic E-state index is -4.38. The van der Waals surface area contributed by atoms with Crippen LogP contribution in [-0.2, 0) is 36.1 Å². The molecule has 0 radical (unpaired) electrons. The number of rotatable bonds is 9. The van der Waals surface area contributed by atoms with Gasteiger partial charge in [0.15, 0.2) is 0 Å². The van der Waals surface area contributed by atoms with Crippen molar-refractivity contribution in [2.24, 2.45) is 0 Å². The van der Waals surface area contributed by atoms with Crippen LogP contribution in [0.1, 0.15) is 31.8 Å². The smallest absolute Gasteiger partial charge is 0.369 e. The fraction of sp³-hybridized carbons (Fsp3) is 0.125. The van der Waals surface area contributed by atoms with Crippen LogP contribution >= 0.6 is 7.82 Å². The van der Waals surface area contributed by atoms with Gasteiger partial charge in [-0.05, 0) is 23.3 Å². The maximum atomic E-state index is 13.2. The van der Waals surface area contributed by atoms with E-state index in [2.05, 4.69) is 0 Å². The maximum Gasteiger partial charge on any atom is 0.532 e. The first kappa shape index (κ1) is 22.6. The lowest BCUT2D eigenvalue weighted by Gasteiger charge is -2.19. The number of hydrogen-bond donors (Lipinski definition) is 0. The Morgan fingerprint density at radius 2 is 1.12 bits per heavy atom. The minimum absolute atomic E-state index is 0.132. The summed E-state index contributed by atoms with van der Waals surface area (Å²) in [7, 11) is -4.38. The number of phosphoric acid groups is 1. The summed E-state index contributed by atoms with van der Waals surface area (Å²) in [5.74, 6) is -2.34. The van der Waals surface area contributed by atoms with Crippen molar-refractivity contribution in [3.05, 3.63) is 107 Å². The van der Waals surface area contributed by atoms with E-state index in [1.807, 2.05) is 12.1 Å². The van der Waals surface area contributed by atoms with Crippen molar-refractivity contribution in [3.63, 3.8) is 0 Å². The number of carbonyl (C=O) groups is 3. The highest BCUT2D eigenvalue weighted by Crippen LogP contribution is 2.51. The molecule has 0 bridgehead atoms. The van der Waals surface area contributed by atoms with Gasteiger partial charge in [0.1, 0.15) is 6.54 Å². The first-order chi connectivity index (χ1) is 16.0. The lowest BCUT2D eigenvalue weighted by Crippen LogP contribution is -2.35. The number of fused-ring (bicyclic) bond motifs is 1. The summed E-state index contributed by atoms with van der Waals surface area (Å²) in [4.78, 5) is 38.3. The molecule has 4 rings (SSSR count). The Kier molecular flexibility index (Phi) is 6.79. The van der Waals surface area contributed by atoms with E-state index < -0.39 is 32.2 Å². The fourth-order valence-corrected chi connectivity index (χ4v) is 4.31. The third-order valence-electron chi connectivity index (χ3n) is 4.84. The number of carbonyl (C=O) groups excluding carboxylic acids is 3. The highest BCUT2D eigenvalue weighted by Gasteiger charge is 2.39. The van der Waals surface area contributed by atoms with E-state index in [1.165, 1.54) is 12.1 Å². The van der Waals surface area contributed by atoms with E-state index in [9.17, 15) is 18.9 Å². The largest absolute Gasteiger partial charge is 0.532 e. The molecular weight excluding hydrogens is 445 g/mol. The van der Waals surface area contributed by atoms with Crippen LogP contribution in [0.15, 0.2) is 84.9 Å². The van der Waals surface area contributed by atoms with Gasteiger partial charge in [-0.2, -0.15) is 0 Å². The molecule has 0 fully saturated rings. The summed E-state index contributed by atoms with van der Waals surface area (Å²) in [6.07, 6.45) is 0. The normalized spacial score (nSPS) is 13.2. The molecule has 33 heavy (non-hydrogen) atoms. The Bertz CT molecular complexity index is 1130. The van der Waals surface area contributed by atoms with Crippen molar-refractivity contribution in [1.29, 1.82) is 0 Å². The van der Waals surface area contributed by atoms with E-state index in [-0.39, 0.29) is 24.3 Å². The average Bonchev–Trinajstić information content (AvgIpc) is 3.08. The summed E-state index contributed by atoms with van der Waals surface area (Å²) < 4.78 is 29.1. The van der Waals surface area contributed by atoms with Crippen molar-refractivity contribution in [2.45, 2.75) is 13.2 Å². The van der Waals surface area contributed by atoms with Gasteiger partial charge in [-0.25, -0.2) is 9.36 Å². The summed E-state index contributed by atoms with van der Waals surface area (Å²) >= 11 is 0. The van der Waals surface area contributed by atoms with Crippen LogP contribution in [0, 0.1) is 0 Å². The molecule has 3 aromatic carbocycles. The summed E-state index contributed by atoms with van der Waals surface area (Å²) in [6.45, 7) is -0.986. The van der Waals surface area contributed by atoms with Gasteiger partial charge in [-0.3, -0.25) is 23.5 Å². The van der Waals surface area contributed by atoms with E-state index in [1.54, 1.807) is 60.7 Å². The van der Waals surface area contributed by atoms with Gasteiger partial charge in [0.2, 0.25) is 0 Å². The number of hydrogen-bond acceptors (Lipinski definition) is 7. The zero-order valence-corrected chi connectivity index (χ0v) is 18.4. The number of imide groups is 1. The first-order valence-corrected chi connectivity index (χ1v) is 11.6. The molecule has 1 heterocycles. The van der Waals surface area contributed by atoms with Crippen LogP contribution in [0.4, 0.5) is 0 Å². The monoisotopic (exact) mass is 465 g/mol. The third-order valence-corrected chi connectivity index (χ3v) is 6.16. The van der Waals surface area contributed by atoms with Crippen molar-refractivity contribution < 1.29 is 32.5 Å². The van der Waals surface area contributed by atoms with Crippen LogP contribution in [0.2, 0.25) is 0 Å². The number of nitrogens with zero attached hydrogens (tertiary/aromatic N) is 1. The van der Waals surface area contributed by atoms with Gasteiger partial charge in [0, 0.05) is 0 Å². The molecule has 0 spiro atoms. The quantitative estimate of drug-likeness (QED) is 0.342. The Hall–Kier alpha value is -3.58. The van der Waals surface area contributed by atoms with Crippen LogP contribution in [0.25, 0.3) is 0 Å². The zero-order chi connectivity index (χ0) is 23.3. The molecule has 0 saturated heterocycles. The van der Waals surface area contributed by atoms with E-state index >= 15 is 0 Å². The predicted octanol–water partition coefficient (Wildman–Crippen LogP) is 4.37. The standard InChI is InChI=1S/C24H20NO7P/c26-22(15-25-23(27)20-13-7-8-14-21(20)24(25)28)32-33(29,30-16-18-9-3-1-4-10-18)31-17-19-11-5-2-6-12-19/h1-14H,15-17H2. The lowest BCUT2D eigenvalue weighted by atomic mass is 10.1. The summed E-state index contributed by atoms with van der Waals surface area (Å²) in [5, 5.41) is 0. The second-order valence-corrected chi connectivity index (χ2v) is 8.76. The SMILES string of the molecule is O=C(CN1C(=O)c2ccccc2C1=O)OP(=O)(OCc1ccccc1)OCc1ccccc1. The highest BCUT2D eigenvalue weighted by atomic mass is 31.2. The number of amides is 2. The van der Waals surface area contributed by atoms with Gasteiger partial charge in [0.05, 0.1) is 24.3 Å². The minimum Gasteiger partial charge on any atom is -0.369 e. The molecule has 0 saturated carbocycles. The molecule has 9 heteroatoms. The Morgan fingerprint density at radius 3 is 1.58 bits per heavy atom. The van der Waals surface area contributed by atoms with Crippen LogP contribution in [-0.4, -0.2) is 29.2 Å². The topological polar surface area (TPSA) is 99.2 Å². The average molecular weight is 465 g/mol. The molecular formula is C24H20NO7P. The fourth-order valence-electron chi connectivity index (χ4n) is 3.21. The molecule has 1 aliphatic heterocycles. The summed E-state index contributed by atoms with van der Waals surface area (Å²) in [6, 6.07) is 24.0. The van der Waals surface area contributed by atoms with E-state index in [0.29, 0.717) is 11.1 Å². The molecule has 3 aromatic rings. The van der Waals surface area contributed by atoms with E-state index in [0.717, 1.165) is 4.90 Å². The first-order valence-electron chi connectivity index (χ1n) is 10.1. The third kappa shape index (κ3) is 5.43. The molecule has 0 N–H and O–H groups in total. The predicted molar refractivity (Wildman–Crippen MR) is 118 cm³/mol. The lowest BCUT2D eigenvalue weighted by molar-refractivity contribution is -0.136. The van der Waals surface area contributed by atoms with Gasteiger partial charge < -0.3 is 4.52 Å². The number of phosphoric ester groups is 1. The second kappa shape index (κ2) is 9.92. The Morgan fingerprint density at radius 1 is 0.697 bits per heavy atom. The molecule has 0 aliphatic carbocycles.